The molecule has 0 aliphatic heterocycles. The van der Waals surface area contributed by atoms with E-state index in [0.717, 1.165) is 29.6 Å². The summed E-state index contributed by atoms with van der Waals surface area (Å²) in [7, 11) is 0. The average molecular weight is 284 g/mol. The molecule has 0 bridgehead atoms. The third kappa shape index (κ3) is 3.26. The van der Waals surface area contributed by atoms with E-state index in [9.17, 15) is 0 Å². The second-order valence-corrected chi connectivity index (χ2v) is 6.20. The molecule has 21 heavy (non-hydrogen) atoms. The number of nitrogens with zero attached hydrogens (tertiary/aromatic N) is 3. The molecule has 1 aliphatic rings. The Bertz CT molecular complexity index is 565. The van der Waals surface area contributed by atoms with E-state index < -0.39 is 0 Å². The maximum Gasteiger partial charge on any atom is 0.123 e. The maximum absolute atomic E-state index is 5.66. The van der Waals surface area contributed by atoms with Gasteiger partial charge in [0.25, 0.3) is 0 Å². The molecule has 0 amide bonds. The van der Waals surface area contributed by atoms with Crippen molar-refractivity contribution in [2.24, 2.45) is 11.8 Å². The fourth-order valence-electron chi connectivity index (χ4n) is 3.36. The summed E-state index contributed by atoms with van der Waals surface area (Å²) in [5.74, 6) is 2.29. The van der Waals surface area contributed by atoms with Gasteiger partial charge >= 0.3 is 0 Å². The summed E-state index contributed by atoms with van der Waals surface area (Å²) in [4.78, 5) is 8.50. The van der Waals surface area contributed by atoms with Gasteiger partial charge in [-0.2, -0.15) is 0 Å². The van der Waals surface area contributed by atoms with Gasteiger partial charge < -0.3 is 10.3 Å². The van der Waals surface area contributed by atoms with Gasteiger partial charge in [-0.1, -0.05) is 26.2 Å². The molecule has 0 spiro atoms. The van der Waals surface area contributed by atoms with E-state index in [4.69, 9.17) is 5.73 Å². The number of hydrogen-bond acceptors (Lipinski definition) is 3. The number of aromatic nitrogens is 3. The molecule has 0 unspecified atom stereocenters. The Hall–Kier alpha value is -1.84. The Kier molecular flexibility index (Phi) is 4.23. The van der Waals surface area contributed by atoms with Crippen LogP contribution in [0.2, 0.25) is 0 Å². The van der Waals surface area contributed by atoms with Crippen LogP contribution in [0.4, 0.5) is 5.82 Å². The van der Waals surface area contributed by atoms with Gasteiger partial charge in [-0.05, 0) is 36.8 Å². The Morgan fingerprint density at radius 1 is 1.14 bits per heavy atom. The van der Waals surface area contributed by atoms with Crippen LogP contribution >= 0.6 is 0 Å². The van der Waals surface area contributed by atoms with Gasteiger partial charge in [0.15, 0.2) is 0 Å². The van der Waals surface area contributed by atoms with Crippen LogP contribution in [0.5, 0.6) is 0 Å². The Morgan fingerprint density at radius 2 is 1.90 bits per heavy atom. The molecular weight excluding hydrogens is 260 g/mol. The Balaban J connectivity index is 1.70. The van der Waals surface area contributed by atoms with Gasteiger partial charge in [-0.25, -0.2) is 9.97 Å². The van der Waals surface area contributed by atoms with Crippen molar-refractivity contribution in [3.05, 3.63) is 30.9 Å². The molecule has 2 aromatic rings. The molecular formula is C17H24N4. The van der Waals surface area contributed by atoms with E-state index in [2.05, 4.69) is 21.5 Å². The fourth-order valence-corrected chi connectivity index (χ4v) is 3.36. The van der Waals surface area contributed by atoms with E-state index in [1.165, 1.54) is 32.1 Å². The molecule has 4 heteroatoms. The summed E-state index contributed by atoms with van der Waals surface area (Å²) in [5, 5.41) is 0. The highest BCUT2D eigenvalue weighted by atomic mass is 15.0. The first kappa shape index (κ1) is 14.1. The fraction of sp³-hybridized carbons (Fsp3) is 0.529. The molecule has 4 nitrogen and oxygen atoms in total. The maximum atomic E-state index is 5.66. The highest BCUT2D eigenvalue weighted by molar-refractivity contribution is 5.59. The first-order valence-electron chi connectivity index (χ1n) is 7.98. The van der Waals surface area contributed by atoms with Crippen LogP contribution < -0.4 is 5.73 Å². The number of nitrogen functional groups attached to an aromatic ring is 1. The molecule has 1 saturated carbocycles. The normalized spacial score (nSPS) is 22.3. The lowest BCUT2D eigenvalue weighted by molar-refractivity contribution is 0.248. The van der Waals surface area contributed by atoms with Crippen molar-refractivity contribution in [1.82, 2.24) is 14.5 Å². The lowest BCUT2D eigenvalue weighted by Gasteiger charge is -2.28. The molecule has 2 heterocycles. The van der Waals surface area contributed by atoms with Crippen LogP contribution in [0.25, 0.3) is 11.3 Å². The average Bonchev–Trinajstić information content (AvgIpc) is 2.97. The van der Waals surface area contributed by atoms with Crippen molar-refractivity contribution < 1.29 is 0 Å². The van der Waals surface area contributed by atoms with E-state index in [0.29, 0.717) is 5.82 Å². The summed E-state index contributed by atoms with van der Waals surface area (Å²) < 4.78 is 2.27. The minimum absolute atomic E-state index is 0.558. The highest BCUT2D eigenvalue weighted by Crippen LogP contribution is 2.32. The predicted molar refractivity (Wildman–Crippen MR) is 85.6 cm³/mol. The first-order chi connectivity index (χ1) is 10.3. The van der Waals surface area contributed by atoms with E-state index in [1.54, 1.807) is 0 Å². The van der Waals surface area contributed by atoms with Gasteiger partial charge in [0.05, 0.1) is 18.2 Å². The van der Waals surface area contributed by atoms with Crippen molar-refractivity contribution >= 4 is 5.82 Å². The second kappa shape index (κ2) is 6.29. The number of nitrogens with two attached hydrogens (primary N) is 1. The zero-order chi connectivity index (χ0) is 14.7. The predicted octanol–water partition coefficient (Wildman–Crippen LogP) is 3.74. The van der Waals surface area contributed by atoms with Crippen molar-refractivity contribution in [2.45, 2.75) is 45.6 Å². The topological polar surface area (TPSA) is 56.7 Å². The molecule has 2 aromatic heterocycles. The van der Waals surface area contributed by atoms with Crippen molar-refractivity contribution in [3.8, 4) is 11.3 Å². The van der Waals surface area contributed by atoms with Crippen molar-refractivity contribution in [2.75, 3.05) is 5.73 Å². The van der Waals surface area contributed by atoms with Crippen LogP contribution in [0.1, 0.15) is 39.0 Å². The molecule has 0 aromatic carbocycles. The number of pyridine rings is 1. The zero-order valence-electron chi connectivity index (χ0n) is 12.7. The van der Waals surface area contributed by atoms with E-state index >= 15 is 0 Å². The summed E-state index contributed by atoms with van der Waals surface area (Å²) in [5.41, 5.74) is 7.89. The number of hydrogen-bond donors (Lipinski definition) is 1. The quantitative estimate of drug-likeness (QED) is 0.930. The van der Waals surface area contributed by atoms with Crippen molar-refractivity contribution in [1.29, 1.82) is 0 Å². The molecule has 0 radical (unpaired) electrons. The minimum Gasteiger partial charge on any atom is -0.384 e. The van der Waals surface area contributed by atoms with Crippen molar-refractivity contribution in [3.63, 3.8) is 0 Å². The lowest BCUT2D eigenvalue weighted by Crippen LogP contribution is -2.18. The first-order valence-corrected chi connectivity index (χ1v) is 7.98. The number of rotatable bonds is 4. The molecule has 3 rings (SSSR count). The summed E-state index contributed by atoms with van der Waals surface area (Å²) in [6.45, 7) is 3.38. The van der Waals surface area contributed by atoms with Crippen LogP contribution in [0.15, 0.2) is 30.9 Å². The van der Waals surface area contributed by atoms with Gasteiger partial charge in [0, 0.05) is 18.3 Å². The molecule has 112 valence electrons. The minimum atomic E-state index is 0.558. The number of imidazole rings is 1. The molecule has 0 atom stereocenters. The third-order valence-corrected chi connectivity index (χ3v) is 4.79. The monoisotopic (exact) mass is 284 g/mol. The van der Waals surface area contributed by atoms with Gasteiger partial charge in [-0.15, -0.1) is 0 Å². The molecule has 1 aliphatic carbocycles. The standard InChI is InChI=1S/C17H24N4/c1-2-13-3-5-14(6-4-13)11-21-12-19-10-16(21)15-7-8-17(18)20-9-15/h7-10,12-14H,2-6,11H2,1H3,(H2,18,20). The van der Waals surface area contributed by atoms with Gasteiger partial charge in [0.2, 0.25) is 0 Å². The van der Waals surface area contributed by atoms with Crippen LogP contribution in [-0.4, -0.2) is 14.5 Å². The van der Waals surface area contributed by atoms with E-state index in [-0.39, 0.29) is 0 Å². The second-order valence-electron chi connectivity index (χ2n) is 6.20. The van der Waals surface area contributed by atoms with Crippen LogP contribution in [-0.2, 0) is 6.54 Å². The Labute approximate surface area is 126 Å². The molecule has 0 saturated heterocycles. The van der Waals surface area contributed by atoms with Crippen LogP contribution in [0, 0.1) is 11.8 Å². The lowest BCUT2D eigenvalue weighted by atomic mass is 9.81. The zero-order valence-corrected chi connectivity index (χ0v) is 12.7. The smallest absolute Gasteiger partial charge is 0.123 e. The summed E-state index contributed by atoms with van der Waals surface area (Å²) in [6.07, 6.45) is 12.5. The third-order valence-electron chi connectivity index (χ3n) is 4.79. The summed E-state index contributed by atoms with van der Waals surface area (Å²) >= 11 is 0. The van der Waals surface area contributed by atoms with Gasteiger partial charge in [-0.3, -0.25) is 0 Å². The van der Waals surface area contributed by atoms with Crippen LogP contribution in [0.3, 0.4) is 0 Å². The number of anilines is 1. The Morgan fingerprint density at radius 3 is 2.57 bits per heavy atom. The highest BCUT2D eigenvalue weighted by Gasteiger charge is 2.21. The summed E-state index contributed by atoms with van der Waals surface area (Å²) in [6, 6.07) is 3.86. The van der Waals surface area contributed by atoms with Gasteiger partial charge in [0.1, 0.15) is 5.82 Å². The van der Waals surface area contributed by atoms with E-state index in [1.807, 2.05) is 30.9 Å². The molecule has 1 fully saturated rings. The largest absolute Gasteiger partial charge is 0.384 e. The molecule has 2 N–H and O–H groups in total. The SMILES string of the molecule is CCC1CCC(Cn2cncc2-c2ccc(N)nc2)CC1.